The van der Waals surface area contributed by atoms with E-state index in [-0.39, 0.29) is 11.9 Å². The molecule has 32 heavy (non-hydrogen) atoms. The minimum atomic E-state index is -0.442. The van der Waals surface area contributed by atoms with Gasteiger partial charge in [-0.15, -0.1) is 0 Å². The number of hydrogen-bond acceptors (Lipinski definition) is 6. The summed E-state index contributed by atoms with van der Waals surface area (Å²) in [6, 6.07) is 7.95. The van der Waals surface area contributed by atoms with Crippen molar-refractivity contribution in [3.63, 3.8) is 0 Å². The highest BCUT2D eigenvalue weighted by Crippen LogP contribution is 2.26. The van der Waals surface area contributed by atoms with Crippen molar-refractivity contribution in [3.05, 3.63) is 35.4 Å². The number of unbranched alkanes of at least 4 members (excludes halogenated alkanes) is 3. The minimum Gasteiger partial charge on any atom is -0.340 e. The second-order valence-electron chi connectivity index (χ2n) is 9.20. The number of benzene rings is 1. The fourth-order valence-corrected chi connectivity index (χ4v) is 4.78. The van der Waals surface area contributed by atoms with E-state index in [1.165, 1.54) is 24.0 Å². The lowest BCUT2D eigenvalue weighted by molar-refractivity contribution is -0.127. The number of nitrogens with one attached hydrogen (secondary N) is 1. The third-order valence-corrected chi connectivity index (χ3v) is 6.77. The number of aryl methyl sites for hydroxylation is 1. The second kappa shape index (κ2) is 9.90. The Labute approximate surface area is 191 Å². The molecular weight excluding hydrogens is 404 g/mol. The first-order valence-electron chi connectivity index (χ1n) is 11.9. The Balaban J connectivity index is 1.43. The minimum absolute atomic E-state index is 0.231. The number of fused-ring (bicyclic) bond motifs is 1. The number of aliphatic imine (C=N–C) groups is 1. The molecule has 0 aromatic heterocycles. The molecule has 2 atom stereocenters. The van der Waals surface area contributed by atoms with Crippen molar-refractivity contribution >= 4 is 17.9 Å². The van der Waals surface area contributed by atoms with E-state index in [2.05, 4.69) is 58.1 Å². The number of carbonyl (C=O) groups excluding carboxylic acids is 2. The molecule has 2 fully saturated rings. The highest BCUT2D eigenvalue weighted by molar-refractivity contribution is 6.03. The van der Waals surface area contributed by atoms with E-state index in [9.17, 15) is 9.59 Å². The number of hydrogen-bond donors (Lipinski definition) is 1. The Morgan fingerprint density at radius 3 is 2.44 bits per heavy atom. The molecule has 1 N–H and O–H groups in total. The van der Waals surface area contributed by atoms with Crippen LogP contribution in [0.25, 0.3) is 0 Å². The molecule has 0 spiro atoms. The van der Waals surface area contributed by atoms with Gasteiger partial charge < -0.3 is 14.7 Å². The van der Waals surface area contributed by atoms with Gasteiger partial charge in [0.05, 0.1) is 0 Å². The summed E-state index contributed by atoms with van der Waals surface area (Å²) in [4.78, 5) is 38.3. The molecule has 0 aliphatic carbocycles. The molecule has 174 valence electrons. The number of rotatable bonds is 7. The predicted octanol–water partition coefficient (Wildman–Crippen LogP) is 2.24. The van der Waals surface area contributed by atoms with Gasteiger partial charge in [0.15, 0.2) is 18.2 Å². The lowest BCUT2D eigenvalue weighted by Gasteiger charge is -2.40. The Bertz CT molecular complexity index is 847. The number of nitrogens with zero attached hydrogens (tertiary/aromatic N) is 5. The van der Waals surface area contributed by atoms with Crippen LogP contribution in [-0.2, 0) is 11.3 Å². The Morgan fingerprint density at radius 2 is 1.75 bits per heavy atom. The molecule has 0 bridgehead atoms. The van der Waals surface area contributed by atoms with Gasteiger partial charge in [0.1, 0.15) is 0 Å². The molecule has 2 unspecified atom stereocenters. The van der Waals surface area contributed by atoms with E-state index in [1.54, 1.807) is 11.9 Å². The van der Waals surface area contributed by atoms with E-state index in [0.717, 1.165) is 58.1 Å². The zero-order valence-electron chi connectivity index (χ0n) is 19.6. The van der Waals surface area contributed by atoms with Crippen molar-refractivity contribution in [1.82, 2.24) is 24.9 Å². The van der Waals surface area contributed by atoms with Crippen LogP contribution in [-0.4, -0.2) is 89.5 Å². The molecule has 3 aliphatic rings. The van der Waals surface area contributed by atoms with Gasteiger partial charge in [0.25, 0.3) is 5.91 Å². The summed E-state index contributed by atoms with van der Waals surface area (Å²) in [5, 5.41) is 2.50. The fourth-order valence-electron chi connectivity index (χ4n) is 4.78. The van der Waals surface area contributed by atoms with Crippen LogP contribution >= 0.6 is 0 Å². The monoisotopic (exact) mass is 440 g/mol. The van der Waals surface area contributed by atoms with Crippen LogP contribution in [0.15, 0.2) is 29.3 Å². The topological polar surface area (TPSA) is 71.5 Å². The largest absolute Gasteiger partial charge is 0.340 e. The molecule has 0 saturated carbocycles. The molecule has 3 aliphatic heterocycles. The first-order valence-corrected chi connectivity index (χ1v) is 11.9. The van der Waals surface area contributed by atoms with Crippen molar-refractivity contribution in [2.75, 3.05) is 39.8 Å². The summed E-state index contributed by atoms with van der Waals surface area (Å²) < 4.78 is 0. The molecule has 8 nitrogen and oxygen atoms in total. The van der Waals surface area contributed by atoms with E-state index < -0.39 is 12.2 Å². The van der Waals surface area contributed by atoms with Gasteiger partial charge >= 0.3 is 6.03 Å². The lowest BCUT2D eigenvalue weighted by atomic mass is 10.1. The van der Waals surface area contributed by atoms with Crippen LogP contribution in [0, 0.1) is 6.92 Å². The lowest BCUT2D eigenvalue weighted by Crippen LogP contribution is -2.64. The Hall–Kier alpha value is -2.61. The van der Waals surface area contributed by atoms with E-state index >= 15 is 0 Å². The first kappa shape index (κ1) is 22.6. The number of imide groups is 1. The first-order chi connectivity index (χ1) is 15.5. The van der Waals surface area contributed by atoms with Gasteiger partial charge in [0.2, 0.25) is 0 Å². The average Bonchev–Trinajstić information content (AvgIpc) is 3.17. The summed E-state index contributed by atoms with van der Waals surface area (Å²) in [6.45, 7) is 9.69. The molecule has 1 aromatic carbocycles. The normalized spacial score (nSPS) is 24.0. The Kier molecular flexibility index (Phi) is 6.98. The molecule has 1 aromatic rings. The number of piperazine rings is 1. The summed E-state index contributed by atoms with van der Waals surface area (Å²) in [7, 11) is 1.72. The quantitative estimate of drug-likeness (QED) is 0.659. The van der Waals surface area contributed by atoms with Crippen LogP contribution in [0.2, 0.25) is 0 Å². The smallest absolute Gasteiger partial charge is 0.325 e. The van der Waals surface area contributed by atoms with Crippen molar-refractivity contribution in [2.45, 2.75) is 58.3 Å². The third kappa shape index (κ3) is 4.75. The van der Waals surface area contributed by atoms with Crippen LogP contribution in [0.3, 0.4) is 0 Å². The maximum absolute atomic E-state index is 12.7. The molecule has 0 radical (unpaired) electrons. The maximum atomic E-state index is 12.7. The highest BCUT2D eigenvalue weighted by atomic mass is 16.2. The molecule has 3 heterocycles. The van der Waals surface area contributed by atoms with Gasteiger partial charge in [-0.3, -0.25) is 15.0 Å². The van der Waals surface area contributed by atoms with Gasteiger partial charge in [0, 0.05) is 46.3 Å². The molecule has 8 heteroatoms. The van der Waals surface area contributed by atoms with Gasteiger partial charge in [-0.05, 0) is 18.9 Å². The summed E-state index contributed by atoms with van der Waals surface area (Å²) in [6.07, 6.45) is 4.08. The zero-order chi connectivity index (χ0) is 22.7. The van der Waals surface area contributed by atoms with Crippen LogP contribution in [0.4, 0.5) is 4.79 Å². The summed E-state index contributed by atoms with van der Waals surface area (Å²) >= 11 is 0. The molecule has 3 amide bonds. The summed E-state index contributed by atoms with van der Waals surface area (Å²) in [5.74, 6) is 0.647. The summed E-state index contributed by atoms with van der Waals surface area (Å²) in [5.41, 5.74) is 2.62. The van der Waals surface area contributed by atoms with Crippen molar-refractivity contribution in [1.29, 1.82) is 0 Å². The van der Waals surface area contributed by atoms with Crippen LogP contribution < -0.4 is 5.32 Å². The van der Waals surface area contributed by atoms with Crippen LogP contribution in [0.1, 0.15) is 43.7 Å². The third-order valence-electron chi connectivity index (χ3n) is 6.77. The van der Waals surface area contributed by atoms with Gasteiger partial charge in [-0.25, -0.2) is 9.79 Å². The number of carbonyl (C=O) groups is 2. The highest BCUT2D eigenvalue weighted by Gasteiger charge is 2.49. The number of likely N-dealkylation sites (N-methyl/N-ethyl adjacent to an activating group) is 1. The SMILES string of the molecule is CCCCCCN1C(N2CCN(Cc3ccc(C)cc3)CC2)=NC2C1C(=O)NC(=O)N2C. The van der Waals surface area contributed by atoms with Crippen LogP contribution in [0.5, 0.6) is 0 Å². The zero-order valence-corrected chi connectivity index (χ0v) is 19.6. The fraction of sp³-hybridized carbons (Fsp3) is 0.625. The van der Waals surface area contributed by atoms with Crippen molar-refractivity contribution in [2.24, 2.45) is 4.99 Å². The van der Waals surface area contributed by atoms with E-state index in [0.29, 0.717) is 0 Å². The Morgan fingerprint density at radius 1 is 1.03 bits per heavy atom. The number of urea groups is 1. The predicted molar refractivity (Wildman–Crippen MR) is 125 cm³/mol. The van der Waals surface area contributed by atoms with Crippen molar-refractivity contribution < 1.29 is 9.59 Å². The molecule has 4 rings (SSSR count). The standard InChI is InChI=1S/C24H36N6O2/c1-4-5-6-7-12-30-20-21(27(3)24(32)26-22(20)31)25-23(30)29-15-13-28(14-16-29)17-19-10-8-18(2)9-11-19/h8-11,20-21H,4-7,12-17H2,1-3H3,(H,26,31,32). The van der Waals surface area contributed by atoms with E-state index in [1.807, 2.05) is 0 Å². The number of amides is 3. The van der Waals surface area contributed by atoms with Gasteiger partial charge in [-0.1, -0.05) is 56.0 Å². The average molecular weight is 441 g/mol. The molecular formula is C24H36N6O2. The second-order valence-corrected chi connectivity index (χ2v) is 9.20. The number of guanidine groups is 1. The molecule has 2 saturated heterocycles. The van der Waals surface area contributed by atoms with Crippen molar-refractivity contribution in [3.8, 4) is 0 Å². The maximum Gasteiger partial charge on any atom is 0.325 e. The van der Waals surface area contributed by atoms with E-state index in [4.69, 9.17) is 4.99 Å². The van der Waals surface area contributed by atoms with Gasteiger partial charge in [-0.2, -0.15) is 0 Å².